The van der Waals surface area contributed by atoms with Gasteiger partial charge in [0.1, 0.15) is 0 Å². The lowest BCUT2D eigenvalue weighted by Crippen LogP contribution is -2.24. The Hall–Kier alpha value is -0.530. The van der Waals surface area contributed by atoms with E-state index in [1.165, 1.54) is 44.1 Å². The van der Waals surface area contributed by atoms with E-state index in [0.29, 0.717) is 12.0 Å². The van der Waals surface area contributed by atoms with E-state index < -0.39 is 0 Å². The molecule has 2 heteroatoms. The monoisotopic (exact) mass is 266 g/mol. The van der Waals surface area contributed by atoms with Crippen LogP contribution >= 0.6 is 11.6 Å². The van der Waals surface area contributed by atoms with Crippen molar-refractivity contribution in [3.8, 4) is 0 Å². The molecule has 1 aromatic rings. The fourth-order valence-corrected chi connectivity index (χ4v) is 2.78. The van der Waals surface area contributed by atoms with Crippen molar-refractivity contribution in [1.82, 2.24) is 0 Å². The average Bonchev–Trinajstić information content (AvgIpc) is 2.41. The van der Waals surface area contributed by atoms with Gasteiger partial charge in [-0.05, 0) is 37.0 Å². The zero-order chi connectivity index (χ0) is 12.8. The molecular weight excluding hydrogens is 244 g/mol. The smallest absolute Gasteiger partial charge is 0.0575 e. The molecule has 2 unspecified atom stereocenters. The van der Waals surface area contributed by atoms with Gasteiger partial charge in [-0.2, -0.15) is 0 Å². The zero-order valence-corrected chi connectivity index (χ0v) is 12.0. The lowest BCUT2D eigenvalue weighted by molar-refractivity contribution is -0.00207. The number of rotatable bonds is 5. The molecule has 0 saturated carbocycles. The second kappa shape index (κ2) is 7.16. The Kier molecular flexibility index (Phi) is 5.52. The molecule has 0 aromatic heterocycles. The van der Waals surface area contributed by atoms with Gasteiger partial charge in [0.05, 0.1) is 12.7 Å². The second-order valence-electron chi connectivity index (χ2n) is 5.28. The summed E-state index contributed by atoms with van der Waals surface area (Å²) >= 11 is 5.91. The van der Waals surface area contributed by atoms with Gasteiger partial charge in [0, 0.05) is 10.9 Å². The Morgan fingerprint density at radius 1 is 1.17 bits per heavy atom. The normalized spacial score (nSPS) is 24.1. The molecule has 0 N–H and O–H groups in total. The van der Waals surface area contributed by atoms with Crippen LogP contribution in [0.1, 0.15) is 56.9 Å². The molecule has 18 heavy (non-hydrogen) atoms. The van der Waals surface area contributed by atoms with Crippen LogP contribution in [0.25, 0.3) is 0 Å². The summed E-state index contributed by atoms with van der Waals surface area (Å²) in [5, 5.41) is 0.813. The Balaban J connectivity index is 1.77. The van der Waals surface area contributed by atoms with Crippen LogP contribution < -0.4 is 0 Å². The van der Waals surface area contributed by atoms with E-state index in [9.17, 15) is 0 Å². The lowest BCUT2D eigenvalue weighted by Gasteiger charge is -2.29. The first-order valence-electron chi connectivity index (χ1n) is 7.16. The number of ether oxygens (including phenoxy) is 1. The van der Waals surface area contributed by atoms with Crippen LogP contribution in [-0.2, 0) is 4.74 Å². The van der Waals surface area contributed by atoms with Gasteiger partial charge in [-0.3, -0.25) is 0 Å². The quantitative estimate of drug-likeness (QED) is 0.667. The number of hydrogen-bond donors (Lipinski definition) is 0. The van der Waals surface area contributed by atoms with Crippen molar-refractivity contribution in [1.29, 1.82) is 0 Å². The highest BCUT2D eigenvalue weighted by Gasteiger charge is 2.22. The summed E-state index contributed by atoms with van der Waals surface area (Å²) in [5.41, 5.74) is 1.37. The van der Waals surface area contributed by atoms with Gasteiger partial charge in [-0.15, -0.1) is 0 Å². The number of halogens is 1. The van der Waals surface area contributed by atoms with E-state index in [1.807, 2.05) is 12.1 Å². The highest BCUT2D eigenvalue weighted by Crippen LogP contribution is 2.30. The van der Waals surface area contributed by atoms with E-state index in [0.717, 1.165) is 11.6 Å². The predicted octanol–water partition coefficient (Wildman–Crippen LogP) is 5.18. The highest BCUT2D eigenvalue weighted by molar-refractivity contribution is 6.30. The van der Waals surface area contributed by atoms with E-state index in [4.69, 9.17) is 16.3 Å². The molecule has 2 atom stereocenters. The Bertz CT molecular complexity index is 339. The maximum atomic E-state index is 5.99. The maximum absolute atomic E-state index is 5.99. The molecule has 1 nitrogen and oxygen atoms in total. The summed E-state index contributed by atoms with van der Waals surface area (Å²) in [5.74, 6) is 0.560. The van der Waals surface area contributed by atoms with E-state index in [-0.39, 0.29) is 0 Å². The molecule has 1 aliphatic heterocycles. The first-order valence-corrected chi connectivity index (χ1v) is 7.54. The minimum absolute atomic E-state index is 0.500. The summed E-state index contributed by atoms with van der Waals surface area (Å²) in [7, 11) is 0. The summed E-state index contributed by atoms with van der Waals surface area (Å²) < 4.78 is 5.99. The highest BCUT2D eigenvalue weighted by atomic mass is 35.5. The summed E-state index contributed by atoms with van der Waals surface area (Å²) in [6.07, 6.45) is 8.13. The Labute approximate surface area is 115 Å². The van der Waals surface area contributed by atoms with Crippen molar-refractivity contribution >= 4 is 11.6 Å². The molecule has 0 aliphatic carbocycles. The fourth-order valence-electron chi connectivity index (χ4n) is 2.65. The molecule has 1 fully saturated rings. The molecule has 0 radical (unpaired) electrons. The predicted molar refractivity (Wildman–Crippen MR) is 77.3 cm³/mol. The third kappa shape index (κ3) is 4.00. The molecule has 1 aromatic carbocycles. The summed E-state index contributed by atoms with van der Waals surface area (Å²) in [6, 6.07) is 8.22. The van der Waals surface area contributed by atoms with Gasteiger partial charge in [-0.1, -0.05) is 49.9 Å². The van der Waals surface area contributed by atoms with Gasteiger partial charge < -0.3 is 4.74 Å². The standard InChI is InChI=1S/C16H23ClO/c1-2-3-4-5-16-11-8-14(12-18-16)13-6-9-15(17)10-7-13/h6-7,9-10,14,16H,2-5,8,11-12H2,1H3. The van der Waals surface area contributed by atoms with Gasteiger partial charge in [0.2, 0.25) is 0 Å². The number of hydrogen-bond acceptors (Lipinski definition) is 1. The van der Waals surface area contributed by atoms with Crippen LogP contribution in [0.15, 0.2) is 24.3 Å². The first kappa shape index (κ1) is 13.9. The topological polar surface area (TPSA) is 9.23 Å². The molecule has 2 rings (SSSR count). The van der Waals surface area contributed by atoms with Crippen molar-refractivity contribution in [2.75, 3.05) is 6.61 Å². The van der Waals surface area contributed by atoms with Crippen LogP contribution in [-0.4, -0.2) is 12.7 Å². The molecule has 100 valence electrons. The van der Waals surface area contributed by atoms with Gasteiger partial charge in [0.15, 0.2) is 0 Å². The van der Waals surface area contributed by atoms with Crippen LogP contribution in [0.3, 0.4) is 0 Å². The molecule has 1 heterocycles. The van der Waals surface area contributed by atoms with Crippen LogP contribution in [0, 0.1) is 0 Å². The third-order valence-electron chi connectivity index (χ3n) is 3.84. The maximum Gasteiger partial charge on any atom is 0.0575 e. The van der Waals surface area contributed by atoms with Crippen LogP contribution in [0.2, 0.25) is 5.02 Å². The third-order valence-corrected chi connectivity index (χ3v) is 4.09. The fraction of sp³-hybridized carbons (Fsp3) is 0.625. The number of unbranched alkanes of at least 4 members (excludes halogenated alkanes) is 2. The van der Waals surface area contributed by atoms with E-state index in [1.54, 1.807) is 0 Å². The average molecular weight is 267 g/mol. The lowest BCUT2D eigenvalue weighted by atomic mass is 9.90. The molecule has 1 saturated heterocycles. The van der Waals surface area contributed by atoms with Crippen molar-refractivity contribution in [2.45, 2.75) is 57.5 Å². The molecular formula is C16H23ClO. The molecule has 1 aliphatic rings. The van der Waals surface area contributed by atoms with Crippen molar-refractivity contribution in [3.63, 3.8) is 0 Å². The first-order chi connectivity index (χ1) is 8.79. The number of benzene rings is 1. The second-order valence-corrected chi connectivity index (χ2v) is 5.71. The zero-order valence-electron chi connectivity index (χ0n) is 11.2. The van der Waals surface area contributed by atoms with Crippen molar-refractivity contribution in [3.05, 3.63) is 34.9 Å². The van der Waals surface area contributed by atoms with E-state index >= 15 is 0 Å². The SMILES string of the molecule is CCCCCC1CCC(c2ccc(Cl)cc2)CO1. The Morgan fingerprint density at radius 2 is 1.94 bits per heavy atom. The molecule has 0 bridgehead atoms. The van der Waals surface area contributed by atoms with Crippen LogP contribution in [0.4, 0.5) is 0 Å². The largest absolute Gasteiger partial charge is 0.378 e. The minimum Gasteiger partial charge on any atom is -0.378 e. The minimum atomic E-state index is 0.500. The molecule has 0 amide bonds. The summed E-state index contributed by atoms with van der Waals surface area (Å²) in [4.78, 5) is 0. The van der Waals surface area contributed by atoms with Gasteiger partial charge >= 0.3 is 0 Å². The van der Waals surface area contributed by atoms with Crippen molar-refractivity contribution < 1.29 is 4.74 Å². The van der Waals surface area contributed by atoms with E-state index in [2.05, 4.69) is 19.1 Å². The van der Waals surface area contributed by atoms with Crippen molar-refractivity contribution in [2.24, 2.45) is 0 Å². The van der Waals surface area contributed by atoms with Gasteiger partial charge in [-0.25, -0.2) is 0 Å². The van der Waals surface area contributed by atoms with Gasteiger partial charge in [0.25, 0.3) is 0 Å². The Morgan fingerprint density at radius 3 is 2.56 bits per heavy atom. The van der Waals surface area contributed by atoms with Crippen LogP contribution in [0.5, 0.6) is 0 Å². The molecule has 0 spiro atoms. The summed E-state index contributed by atoms with van der Waals surface area (Å²) in [6.45, 7) is 3.12.